The monoisotopic (exact) mass is 376 g/mol. The molecule has 1 aromatic carbocycles. The minimum Gasteiger partial charge on any atom is -0.383 e. The fourth-order valence-corrected chi connectivity index (χ4v) is 3.60. The van der Waals surface area contributed by atoms with Crippen molar-refractivity contribution in [2.45, 2.75) is 32.9 Å². The Morgan fingerprint density at radius 3 is 2.44 bits per heavy atom. The van der Waals surface area contributed by atoms with Crippen LogP contribution in [0, 0.1) is 11.7 Å². The summed E-state index contributed by atoms with van der Waals surface area (Å²) in [6.45, 7) is 9.35. The van der Waals surface area contributed by atoms with E-state index in [0.29, 0.717) is 19.1 Å². The molecule has 1 aromatic heterocycles. The van der Waals surface area contributed by atoms with Gasteiger partial charge in [0.1, 0.15) is 5.82 Å². The summed E-state index contributed by atoms with van der Waals surface area (Å²) in [5.74, 6) is 1.26. The van der Waals surface area contributed by atoms with Gasteiger partial charge in [0.15, 0.2) is 5.82 Å². The molecule has 0 aliphatic carbocycles. The second-order valence-corrected chi connectivity index (χ2v) is 7.40. The van der Waals surface area contributed by atoms with E-state index in [9.17, 15) is 4.39 Å². The Kier molecular flexibility index (Phi) is 6.73. The van der Waals surface area contributed by atoms with Crippen molar-refractivity contribution in [2.24, 2.45) is 5.92 Å². The number of anilines is 1. The Bertz CT molecular complexity index is 696. The quantitative estimate of drug-likeness (QED) is 0.705. The molecular weight excluding hydrogens is 347 g/mol. The average Bonchev–Trinajstić information content (AvgIpc) is 3.13. The Morgan fingerprint density at radius 2 is 1.81 bits per heavy atom. The van der Waals surface area contributed by atoms with E-state index >= 15 is 0 Å². The molecule has 7 nitrogen and oxygen atoms in total. The molecule has 1 atom stereocenters. The van der Waals surface area contributed by atoms with E-state index in [1.807, 2.05) is 16.8 Å². The number of benzene rings is 1. The van der Waals surface area contributed by atoms with Gasteiger partial charge in [0.25, 0.3) is 0 Å². The van der Waals surface area contributed by atoms with Crippen molar-refractivity contribution in [3.05, 3.63) is 35.9 Å². The van der Waals surface area contributed by atoms with Crippen LogP contribution in [0.5, 0.6) is 0 Å². The number of ether oxygens (including phenoxy) is 1. The molecule has 148 valence electrons. The second-order valence-electron chi connectivity index (χ2n) is 7.40. The predicted octanol–water partition coefficient (Wildman–Crippen LogP) is 2.37. The molecular formula is C19H29FN6O. The lowest BCUT2D eigenvalue weighted by Crippen LogP contribution is -2.48. The highest BCUT2D eigenvalue weighted by Gasteiger charge is 2.29. The Labute approximate surface area is 160 Å². The summed E-state index contributed by atoms with van der Waals surface area (Å²) < 4.78 is 20.2. The van der Waals surface area contributed by atoms with Crippen molar-refractivity contribution in [1.29, 1.82) is 0 Å². The van der Waals surface area contributed by atoms with Gasteiger partial charge in [0, 0.05) is 39.0 Å². The third kappa shape index (κ3) is 5.01. The Morgan fingerprint density at radius 1 is 1.11 bits per heavy atom. The van der Waals surface area contributed by atoms with Gasteiger partial charge < -0.3 is 9.64 Å². The molecule has 0 unspecified atom stereocenters. The van der Waals surface area contributed by atoms with Crippen molar-refractivity contribution in [3.8, 4) is 0 Å². The maximum absolute atomic E-state index is 13.2. The van der Waals surface area contributed by atoms with E-state index in [0.717, 1.165) is 44.1 Å². The highest BCUT2D eigenvalue weighted by Crippen LogP contribution is 2.28. The van der Waals surface area contributed by atoms with Crippen LogP contribution in [0.4, 0.5) is 10.1 Å². The summed E-state index contributed by atoms with van der Waals surface area (Å²) in [7, 11) is 1.68. The largest absolute Gasteiger partial charge is 0.383 e. The minimum atomic E-state index is -0.197. The molecule has 0 N–H and O–H groups in total. The first-order valence-corrected chi connectivity index (χ1v) is 9.58. The van der Waals surface area contributed by atoms with Crippen LogP contribution in [0.3, 0.4) is 0 Å². The molecule has 27 heavy (non-hydrogen) atoms. The maximum Gasteiger partial charge on any atom is 0.168 e. The van der Waals surface area contributed by atoms with E-state index in [4.69, 9.17) is 4.74 Å². The molecule has 2 heterocycles. The molecule has 0 amide bonds. The fourth-order valence-electron chi connectivity index (χ4n) is 3.60. The van der Waals surface area contributed by atoms with Crippen LogP contribution in [0.25, 0.3) is 0 Å². The summed E-state index contributed by atoms with van der Waals surface area (Å²) in [6, 6.07) is 6.93. The van der Waals surface area contributed by atoms with E-state index in [-0.39, 0.29) is 11.9 Å². The van der Waals surface area contributed by atoms with Crippen LogP contribution < -0.4 is 4.90 Å². The molecule has 0 radical (unpaired) electrons. The second kappa shape index (κ2) is 9.23. The summed E-state index contributed by atoms with van der Waals surface area (Å²) >= 11 is 0. The van der Waals surface area contributed by atoms with Crippen molar-refractivity contribution in [1.82, 2.24) is 25.1 Å². The normalized spacial score (nSPS) is 16.9. The number of rotatable bonds is 8. The first-order valence-electron chi connectivity index (χ1n) is 9.58. The van der Waals surface area contributed by atoms with E-state index < -0.39 is 0 Å². The lowest BCUT2D eigenvalue weighted by molar-refractivity contribution is 0.145. The average molecular weight is 376 g/mol. The molecule has 1 fully saturated rings. The van der Waals surface area contributed by atoms with Gasteiger partial charge >= 0.3 is 0 Å². The van der Waals surface area contributed by atoms with Crippen molar-refractivity contribution < 1.29 is 9.13 Å². The summed E-state index contributed by atoms with van der Waals surface area (Å²) in [5.41, 5.74) is 1.07. The lowest BCUT2D eigenvalue weighted by atomic mass is 10.0. The number of nitrogens with zero attached hydrogens (tertiary/aromatic N) is 6. The Balaban J connectivity index is 1.70. The third-order valence-corrected chi connectivity index (χ3v) is 5.01. The smallest absolute Gasteiger partial charge is 0.168 e. The predicted molar refractivity (Wildman–Crippen MR) is 102 cm³/mol. The van der Waals surface area contributed by atoms with Gasteiger partial charge in [-0.05, 0) is 47.0 Å². The number of piperazine rings is 1. The summed E-state index contributed by atoms with van der Waals surface area (Å²) in [6.07, 6.45) is 1.00. The van der Waals surface area contributed by atoms with Gasteiger partial charge in [-0.15, -0.1) is 5.10 Å². The number of hydrogen-bond acceptors (Lipinski definition) is 6. The third-order valence-electron chi connectivity index (χ3n) is 5.01. The van der Waals surface area contributed by atoms with Crippen LogP contribution in [-0.2, 0) is 11.3 Å². The van der Waals surface area contributed by atoms with Gasteiger partial charge in [-0.2, -0.15) is 0 Å². The summed E-state index contributed by atoms with van der Waals surface area (Å²) in [4.78, 5) is 4.77. The number of aromatic nitrogens is 4. The van der Waals surface area contributed by atoms with Crippen LogP contribution in [0.1, 0.15) is 32.1 Å². The van der Waals surface area contributed by atoms with Crippen molar-refractivity contribution in [2.75, 3.05) is 44.8 Å². The number of halogens is 1. The van der Waals surface area contributed by atoms with Crippen LogP contribution >= 0.6 is 0 Å². The van der Waals surface area contributed by atoms with Gasteiger partial charge in [0.2, 0.25) is 0 Å². The SMILES string of the molecule is COCCn1nnnc1[C@H](CC(C)C)N1CCN(c2ccc(F)cc2)CC1. The Hall–Kier alpha value is -2.06. The molecule has 2 aromatic rings. The number of hydrogen-bond donors (Lipinski definition) is 0. The van der Waals surface area contributed by atoms with Crippen LogP contribution in [-0.4, -0.2) is 65.0 Å². The molecule has 1 aliphatic rings. The first kappa shape index (κ1) is 19.7. The zero-order valence-electron chi connectivity index (χ0n) is 16.4. The summed E-state index contributed by atoms with van der Waals surface area (Å²) in [5, 5.41) is 12.4. The van der Waals surface area contributed by atoms with Crippen molar-refractivity contribution >= 4 is 5.69 Å². The fraction of sp³-hybridized carbons (Fsp3) is 0.632. The van der Waals surface area contributed by atoms with Crippen molar-refractivity contribution in [3.63, 3.8) is 0 Å². The van der Waals surface area contributed by atoms with Crippen LogP contribution in [0.15, 0.2) is 24.3 Å². The highest BCUT2D eigenvalue weighted by molar-refractivity contribution is 5.46. The number of tetrazole rings is 1. The zero-order chi connectivity index (χ0) is 19.2. The molecule has 1 saturated heterocycles. The molecule has 0 saturated carbocycles. The van der Waals surface area contributed by atoms with Crippen LogP contribution in [0.2, 0.25) is 0 Å². The minimum absolute atomic E-state index is 0.187. The van der Waals surface area contributed by atoms with Gasteiger partial charge in [-0.3, -0.25) is 4.90 Å². The van der Waals surface area contributed by atoms with E-state index in [2.05, 4.69) is 39.2 Å². The van der Waals surface area contributed by atoms with E-state index in [1.165, 1.54) is 12.1 Å². The topological polar surface area (TPSA) is 59.3 Å². The standard InChI is InChI=1S/C19H29FN6O/c1-15(2)14-18(19-21-22-23-26(19)12-13-27-3)25-10-8-24(9-11-25)17-6-4-16(20)5-7-17/h4-7,15,18H,8-14H2,1-3H3/t18-/m0/s1. The molecule has 0 spiro atoms. The molecule has 3 rings (SSSR count). The number of methoxy groups -OCH3 is 1. The van der Waals surface area contributed by atoms with Gasteiger partial charge in [0.05, 0.1) is 19.2 Å². The molecule has 8 heteroatoms. The van der Waals surface area contributed by atoms with Gasteiger partial charge in [-0.1, -0.05) is 13.8 Å². The first-order chi connectivity index (χ1) is 13.1. The zero-order valence-corrected chi connectivity index (χ0v) is 16.4. The van der Waals surface area contributed by atoms with E-state index in [1.54, 1.807) is 7.11 Å². The lowest BCUT2D eigenvalue weighted by Gasteiger charge is -2.40. The highest BCUT2D eigenvalue weighted by atomic mass is 19.1. The maximum atomic E-state index is 13.2. The molecule has 1 aliphatic heterocycles. The van der Waals surface area contributed by atoms with Gasteiger partial charge in [-0.25, -0.2) is 9.07 Å². The molecule has 0 bridgehead atoms.